The Balaban J connectivity index is 1.52. The summed E-state index contributed by atoms with van der Waals surface area (Å²) in [6.45, 7) is 11.3. The van der Waals surface area contributed by atoms with Gasteiger partial charge in [-0.1, -0.05) is 65.0 Å². The van der Waals surface area contributed by atoms with E-state index in [9.17, 15) is 0 Å². The largest absolute Gasteiger partial charge is 0.464 e. The summed E-state index contributed by atoms with van der Waals surface area (Å²) >= 11 is 0. The first-order valence-corrected chi connectivity index (χ1v) is 12.7. The van der Waals surface area contributed by atoms with E-state index in [4.69, 9.17) is 13.8 Å². The SMILES string of the molecule is CC(C)Cc1ccc2occ(-c3cc4ccnc(-c5cc(C(C)(C)C)c6ccccc6c5)c4o3)c2c1. The minimum absolute atomic E-state index is 0.00123. The highest BCUT2D eigenvalue weighted by Gasteiger charge is 2.21. The van der Waals surface area contributed by atoms with E-state index in [1.54, 1.807) is 0 Å². The van der Waals surface area contributed by atoms with Crippen molar-refractivity contribution >= 4 is 32.7 Å². The molecular formula is C33H31NO2. The average Bonchev–Trinajstić information content (AvgIpc) is 3.46. The molecule has 0 N–H and O–H groups in total. The van der Waals surface area contributed by atoms with E-state index < -0.39 is 0 Å². The molecule has 3 heterocycles. The van der Waals surface area contributed by atoms with Crippen LogP contribution in [0.5, 0.6) is 0 Å². The van der Waals surface area contributed by atoms with Gasteiger partial charge in [0.2, 0.25) is 0 Å². The summed E-state index contributed by atoms with van der Waals surface area (Å²) in [5.74, 6) is 1.40. The molecule has 0 atom stereocenters. The van der Waals surface area contributed by atoms with Gasteiger partial charge in [-0.25, -0.2) is 0 Å². The van der Waals surface area contributed by atoms with Crippen molar-refractivity contribution in [2.45, 2.75) is 46.5 Å². The van der Waals surface area contributed by atoms with Crippen LogP contribution in [0.4, 0.5) is 0 Å². The molecule has 36 heavy (non-hydrogen) atoms. The second-order valence-corrected chi connectivity index (χ2v) is 11.3. The van der Waals surface area contributed by atoms with E-state index in [0.717, 1.165) is 50.9 Å². The van der Waals surface area contributed by atoms with Crippen LogP contribution in [0.15, 0.2) is 88.0 Å². The Morgan fingerprint density at radius 3 is 2.50 bits per heavy atom. The molecule has 0 amide bonds. The Morgan fingerprint density at radius 1 is 0.861 bits per heavy atom. The second-order valence-electron chi connectivity index (χ2n) is 11.3. The molecule has 0 bridgehead atoms. The normalized spacial score (nSPS) is 12.4. The van der Waals surface area contributed by atoms with E-state index in [1.165, 1.54) is 21.9 Å². The van der Waals surface area contributed by atoms with E-state index in [2.05, 4.69) is 95.3 Å². The van der Waals surface area contributed by atoms with Crippen LogP contribution in [0, 0.1) is 5.92 Å². The molecule has 3 aromatic heterocycles. The first kappa shape index (κ1) is 22.6. The first-order chi connectivity index (χ1) is 17.3. The highest BCUT2D eigenvalue weighted by Crippen LogP contribution is 2.40. The minimum atomic E-state index is 0.00123. The number of aromatic nitrogens is 1. The molecule has 3 heteroatoms. The summed E-state index contributed by atoms with van der Waals surface area (Å²) in [4.78, 5) is 4.79. The highest BCUT2D eigenvalue weighted by atomic mass is 16.3. The zero-order valence-corrected chi connectivity index (χ0v) is 21.6. The van der Waals surface area contributed by atoms with Crippen LogP contribution < -0.4 is 0 Å². The molecule has 180 valence electrons. The highest BCUT2D eigenvalue weighted by molar-refractivity contribution is 6.00. The maximum atomic E-state index is 6.54. The summed E-state index contributed by atoms with van der Waals surface area (Å²) in [7, 11) is 0. The van der Waals surface area contributed by atoms with E-state index in [-0.39, 0.29) is 5.41 Å². The molecule has 0 aliphatic rings. The third-order valence-corrected chi connectivity index (χ3v) is 6.92. The van der Waals surface area contributed by atoms with Crippen molar-refractivity contribution in [1.82, 2.24) is 4.98 Å². The lowest BCUT2D eigenvalue weighted by atomic mass is 9.82. The number of rotatable bonds is 4. The predicted molar refractivity (Wildman–Crippen MR) is 149 cm³/mol. The molecule has 0 saturated heterocycles. The maximum Gasteiger partial charge on any atom is 0.161 e. The molecule has 6 rings (SSSR count). The Kier molecular flexibility index (Phi) is 5.26. The van der Waals surface area contributed by atoms with Crippen LogP contribution in [-0.4, -0.2) is 4.98 Å². The topological polar surface area (TPSA) is 39.2 Å². The summed E-state index contributed by atoms with van der Waals surface area (Å²) in [6, 6.07) is 23.7. The monoisotopic (exact) mass is 473 g/mol. The summed E-state index contributed by atoms with van der Waals surface area (Å²) < 4.78 is 12.4. The van der Waals surface area contributed by atoms with Crippen LogP contribution in [0.1, 0.15) is 45.7 Å². The zero-order chi connectivity index (χ0) is 25.0. The van der Waals surface area contributed by atoms with Gasteiger partial charge in [-0.15, -0.1) is 0 Å². The van der Waals surface area contributed by atoms with Crippen molar-refractivity contribution in [3.63, 3.8) is 0 Å². The minimum Gasteiger partial charge on any atom is -0.464 e. The van der Waals surface area contributed by atoms with Gasteiger partial charge < -0.3 is 8.83 Å². The average molecular weight is 474 g/mol. The van der Waals surface area contributed by atoms with Crippen molar-refractivity contribution in [3.8, 4) is 22.6 Å². The fraction of sp³-hybridized carbons (Fsp3) is 0.242. The van der Waals surface area contributed by atoms with Gasteiger partial charge in [0.05, 0.1) is 5.56 Å². The van der Waals surface area contributed by atoms with Crippen LogP contribution in [0.3, 0.4) is 0 Å². The van der Waals surface area contributed by atoms with E-state index in [0.29, 0.717) is 5.92 Å². The number of hydrogen-bond acceptors (Lipinski definition) is 3. The van der Waals surface area contributed by atoms with Crippen molar-refractivity contribution in [2.75, 3.05) is 0 Å². The van der Waals surface area contributed by atoms with Crippen molar-refractivity contribution < 1.29 is 8.83 Å². The first-order valence-electron chi connectivity index (χ1n) is 12.7. The molecule has 0 unspecified atom stereocenters. The van der Waals surface area contributed by atoms with Crippen molar-refractivity contribution in [2.24, 2.45) is 5.92 Å². The number of hydrogen-bond donors (Lipinski definition) is 0. The molecule has 0 fully saturated rings. The summed E-state index contributed by atoms with van der Waals surface area (Å²) in [5.41, 5.74) is 7.21. The third-order valence-electron chi connectivity index (χ3n) is 6.92. The van der Waals surface area contributed by atoms with Gasteiger partial charge in [-0.2, -0.15) is 0 Å². The molecule has 0 saturated carbocycles. The van der Waals surface area contributed by atoms with Gasteiger partial charge in [0.1, 0.15) is 23.3 Å². The number of nitrogens with zero attached hydrogens (tertiary/aromatic N) is 1. The van der Waals surface area contributed by atoms with Gasteiger partial charge in [0.25, 0.3) is 0 Å². The number of benzene rings is 3. The number of fused-ring (bicyclic) bond motifs is 3. The van der Waals surface area contributed by atoms with Crippen LogP contribution in [0.25, 0.3) is 55.3 Å². The Labute approximate surface area is 211 Å². The van der Waals surface area contributed by atoms with Crippen LogP contribution >= 0.6 is 0 Å². The fourth-order valence-corrected chi connectivity index (χ4v) is 5.24. The lowest BCUT2D eigenvalue weighted by Crippen LogP contribution is -2.12. The molecule has 0 aliphatic heterocycles. The van der Waals surface area contributed by atoms with Gasteiger partial charge in [0, 0.05) is 22.5 Å². The molecular weight excluding hydrogens is 442 g/mol. The molecule has 0 aliphatic carbocycles. The smallest absolute Gasteiger partial charge is 0.161 e. The molecule has 6 aromatic rings. The van der Waals surface area contributed by atoms with E-state index in [1.807, 2.05) is 18.5 Å². The van der Waals surface area contributed by atoms with Crippen molar-refractivity contribution in [1.29, 1.82) is 0 Å². The van der Waals surface area contributed by atoms with Gasteiger partial charge in [-0.05, 0) is 76.1 Å². The third kappa shape index (κ3) is 3.89. The predicted octanol–water partition coefficient (Wildman–Crippen LogP) is 9.56. The standard InChI is InChI=1S/C33H31NO2/c1-20(2)14-21-10-11-29-26(15-21)27(19-35-29)30-18-23-12-13-34-31(32(23)36-30)24-16-22-8-6-7-9-25(22)28(17-24)33(3,4)5/h6-13,15-20H,14H2,1-5H3. The fourth-order valence-electron chi connectivity index (χ4n) is 5.24. The summed E-state index contributed by atoms with van der Waals surface area (Å²) in [5, 5.41) is 4.61. The lowest BCUT2D eigenvalue weighted by molar-refractivity contribution is 0.596. The molecule has 0 spiro atoms. The lowest BCUT2D eigenvalue weighted by Gasteiger charge is -2.22. The van der Waals surface area contributed by atoms with E-state index >= 15 is 0 Å². The Hall–Kier alpha value is -3.85. The second kappa shape index (κ2) is 8.37. The zero-order valence-electron chi connectivity index (χ0n) is 21.6. The Morgan fingerprint density at radius 2 is 1.69 bits per heavy atom. The van der Waals surface area contributed by atoms with Crippen LogP contribution in [-0.2, 0) is 11.8 Å². The number of furan rings is 2. The van der Waals surface area contributed by atoms with Gasteiger partial charge in [0.15, 0.2) is 5.58 Å². The quantitative estimate of drug-likeness (QED) is 0.256. The maximum absolute atomic E-state index is 6.54. The van der Waals surface area contributed by atoms with Crippen molar-refractivity contribution in [3.05, 3.63) is 90.3 Å². The number of pyridine rings is 1. The van der Waals surface area contributed by atoms with Gasteiger partial charge in [-0.3, -0.25) is 4.98 Å². The Bertz CT molecular complexity index is 1730. The molecule has 3 aromatic carbocycles. The molecule has 0 radical (unpaired) electrons. The summed E-state index contributed by atoms with van der Waals surface area (Å²) in [6.07, 6.45) is 4.71. The van der Waals surface area contributed by atoms with Gasteiger partial charge >= 0.3 is 0 Å². The molecule has 3 nitrogen and oxygen atoms in total. The van der Waals surface area contributed by atoms with Crippen LogP contribution in [0.2, 0.25) is 0 Å².